The van der Waals surface area contributed by atoms with Crippen LogP contribution in [0.25, 0.3) is 0 Å². The van der Waals surface area contributed by atoms with E-state index in [2.05, 4.69) is 26.0 Å². The number of hydrogen-bond donors (Lipinski definition) is 2. The molecule has 1 aromatic carbocycles. The molecule has 0 fully saturated rings. The Hall–Kier alpha value is -0.960. The third kappa shape index (κ3) is 3.38. The van der Waals surface area contributed by atoms with Crippen molar-refractivity contribution < 1.29 is 12.8 Å². The quantitative estimate of drug-likeness (QED) is 0.839. The van der Waals surface area contributed by atoms with E-state index in [1.165, 1.54) is 29.5 Å². The summed E-state index contributed by atoms with van der Waals surface area (Å²) in [5.41, 5.74) is 0.299. The van der Waals surface area contributed by atoms with Gasteiger partial charge < -0.3 is 5.32 Å². The fourth-order valence-corrected chi connectivity index (χ4v) is 4.75. The van der Waals surface area contributed by atoms with E-state index in [1.807, 2.05) is 0 Å². The molecule has 0 unspecified atom stereocenters. The van der Waals surface area contributed by atoms with E-state index in [0.29, 0.717) is 16.7 Å². The molecule has 0 amide bonds. The molecule has 2 rings (SSSR count). The Kier molecular flexibility index (Phi) is 4.79. The Balaban J connectivity index is 2.33. The average Bonchev–Trinajstić information content (AvgIpc) is 2.82. The van der Waals surface area contributed by atoms with E-state index in [1.54, 1.807) is 18.5 Å². The van der Waals surface area contributed by atoms with Gasteiger partial charge in [0, 0.05) is 15.9 Å². The van der Waals surface area contributed by atoms with Crippen molar-refractivity contribution in [1.29, 1.82) is 0 Å². The Bertz CT molecular complexity index is 716. The zero-order valence-corrected chi connectivity index (χ0v) is 13.7. The highest BCUT2D eigenvalue weighted by Gasteiger charge is 2.20. The van der Waals surface area contributed by atoms with Crippen molar-refractivity contribution in [1.82, 2.24) is 5.32 Å². The molecule has 0 aliphatic carbocycles. The smallest absolute Gasteiger partial charge is 0.263 e. The summed E-state index contributed by atoms with van der Waals surface area (Å²) < 4.78 is 40.5. The predicted octanol–water partition coefficient (Wildman–Crippen LogP) is 3.17. The third-order valence-electron chi connectivity index (χ3n) is 2.51. The lowest BCUT2D eigenvalue weighted by Gasteiger charge is -2.10. The molecule has 0 aliphatic rings. The monoisotopic (exact) mass is 378 g/mol. The molecular formula is C12H12BrFN2O2S2. The minimum atomic E-state index is -3.69. The van der Waals surface area contributed by atoms with Gasteiger partial charge in [0.1, 0.15) is 10.7 Å². The van der Waals surface area contributed by atoms with Crippen molar-refractivity contribution in [3.63, 3.8) is 0 Å². The SMILES string of the molecule is CNCc1sccc1S(=O)(=O)Nc1ccc(F)cc1Br. The first-order valence-electron chi connectivity index (χ1n) is 5.63. The number of hydrogen-bond acceptors (Lipinski definition) is 4. The van der Waals surface area contributed by atoms with Crippen LogP contribution in [-0.4, -0.2) is 15.5 Å². The second-order valence-corrected chi connectivity index (χ2v) is 7.47. The van der Waals surface area contributed by atoms with Crippen LogP contribution in [0.4, 0.5) is 10.1 Å². The van der Waals surface area contributed by atoms with Crippen LogP contribution >= 0.6 is 27.3 Å². The summed E-state index contributed by atoms with van der Waals surface area (Å²) in [6.45, 7) is 0.471. The molecule has 2 N–H and O–H groups in total. The zero-order valence-electron chi connectivity index (χ0n) is 10.5. The van der Waals surface area contributed by atoms with E-state index in [9.17, 15) is 12.8 Å². The lowest BCUT2D eigenvalue weighted by molar-refractivity contribution is 0.599. The van der Waals surface area contributed by atoms with Crippen LogP contribution in [0.2, 0.25) is 0 Å². The molecule has 108 valence electrons. The van der Waals surface area contributed by atoms with Gasteiger partial charge in [-0.15, -0.1) is 11.3 Å². The normalized spacial score (nSPS) is 11.6. The number of thiophene rings is 1. The minimum absolute atomic E-state index is 0.230. The maximum Gasteiger partial charge on any atom is 0.263 e. The van der Waals surface area contributed by atoms with Gasteiger partial charge in [0.2, 0.25) is 0 Å². The summed E-state index contributed by atoms with van der Waals surface area (Å²) in [6.07, 6.45) is 0. The van der Waals surface area contributed by atoms with Crippen LogP contribution in [0.5, 0.6) is 0 Å². The summed E-state index contributed by atoms with van der Waals surface area (Å²) >= 11 is 4.50. The Morgan fingerprint density at radius 2 is 2.10 bits per heavy atom. The van der Waals surface area contributed by atoms with E-state index < -0.39 is 15.8 Å². The first kappa shape index (κ1) is 15.4. The average molecular weight is 379 g/mol. The number of sulfonamides is 1. The van der Waals surface area contributed by atoms with E-state index in [-0.39, 0.29) is 4.90 Å². The molecule has 8 heteroatoms. The second kappa shape index (κ2) is 6.21. The highest BCUT2D eigenvalue weighted by atomic mass is 79.9. The molecule has 1 heterocycles. The molecule has 0 spiro atoms. The molecule has 0 saturated carbocycles. The topological polar surface area (TPSA) is 58.2 Å². The van der Waals surface area contributed by atoms with Crippen molar-refractivity contribution in [2.75, 3.05) is 11.8 Å². The first-order valence-corrected chi connectivity index (χ1v) is 8.78. The van der Waals surface area contributed by atoms with Crippen LogP contribution in [0.3, 0.4) is 0 Å². The number of nitrogens with one attached hydrogen (secondary N) is 2. The Labute approximate surface area is 129 Å². The molecule has 4 nitrogen and oxygen atoms in total. The molecular weight excluding hydrogens is 367 g/mol. The standard InChI is InChI=1S/C12H12BrFN2O2S2/c1-15-7-11-12(4-5-19-11)20(17,18)16-10-3-2-8(14)6-9(10)13/h2-6,15-16H,7H2,1H3. The number of rotatable bonds is 5. The van der Waals surface area contributed by atoms with Crippen LogP contribution in [-0.2, 0) is 16.6 Å². The van der Waals surface area contributed by atoms with Gasteiger partial charge in [-0.05, 0) is 52.6 Å². The summed E-state index contributed by atoms with van der Waals surface area (Å²) in [5, 5.41) is 4.65. The third-order valence-corrected chi connectivity index (χ3v) is 5.66. The second-order valence-electron chi connectivity index (χ2n) is 3.97. The van der Waals surface area contributed by atoms with Gasteiger partial charge >= 0.3 is 0 Å². The molecule has 0 saturated heterocycles. The van der Waals surface area contributed by atoms with Gasteiger partial charge in [-0.25, -0.2) is 12.8 Å². The van der Waals surface area contributed by atoms with Crippen LogP contribution in [0, 0.1) is 5.82 Å². The van der Waals surface area contributed by atoms with Gasteiger partial charge in [-0.2, -0.15) is 0 Å². The molecule has 0 radical (unpaired) electrons. The van der Waals surface area contributed by atoms with Crippen LogP contribution in [0.15, 0.2) is 39.0 Å². The molecule has 0 atom stereocenters. The molecule has 0 aliphatic heterocycles. The number of benzene rings is 1. The Morgan fingerprint density at radius 3 is 2.75 bits per heavy atom. The van der Waals surface area contributed by atoms with Gasteiger partial charge in [0.05, 0.1) is 5.69 Å². The van der Waals surface area contributed by atoms with Gasteiger partial charge in [-0.3, -0.25) is 4.72 Å². The summed E-state index contributed by atoms with van der Waals surface area (Å²) in [7, 11) is -1.94. The first-order chi connectivity index (χ1) is 9.44. The van der Waals surface area contributed by atoms with Gasteiger partial charge in [-0.1, -0.05) is 0 Å². The highest BCUT2D eigenvalue weighted by Crippen LogP contribution is 2.28. The number of halogens is 2. The van der Waals surface area contributed by atoms with Crippen molar-refractivity contribution in [3.8, 4) is 0 Å². The number of anilines is 1. The summed E-state index contributed by atoms with van der Waals surface area (Å²) in [6, 6.07) is 5.34. The molecule has 1 aromatic heterocycles. The van der Waals surface area contributed by atoms with Crippen LogP contribution in [0.1, 0.15) is 4.88 Å². The summed E-state index contributed by atoms with van der Waals surface area (Å²) in [5.74, 6) is -0.439. The predicted molar refractivity (Wildman–Crippen MR) is 82.0 cm³/mol. The lowest BCUT2D eigenvalue weighted by Crippen LogP contribution is -2.16. The van der Waals surface area contributed by atoms with Gasteiger partial charge in [0.15, 0.2) is 0 Å². The molecule has 20 heavy (non-hydrogen) atoms. The lowest BCUT2D eigenvalue weighted by atomic mass is 10.3. The van der Waals surface area contributed by atoms with E-state index in [4.69, 9.17) is 0 Å². The van der Waals surface area contributed by atoms with Crippen molar-refractivity contribution in [2.45, 2.75) is 11.4 Å². The summed E-state index contributed by atoms with van der Waals surface area (Å²) in [4.78, 5) is 0.950. The molecule has 2 aromatic rings. The molecule has 0 bridgehead atoms. The maximum absolute atomic E-state index is 13.0. The van der Waals surface area contributed by atoms with Crippen molar-refractivity contribution in [2.24, 2.45) is 0 Å². The van der Waals surface area contributed by atoms with Crippen molar-refractivity contribution >= 4 is 43.0 Å². The minimum Gasteiger partial charge on any atom is -0.315 e. The maximum atomic E-state index is 13.0. The fourth-order valence-electron chi connectivity index (χ4n) is 1.63. The largest absolute Gasteiger partial charge is 0.315 e. The highest BCUT2D eigenvalue weighted by molar-refractivity contribution is 9.10. The Morgan fingerprint density at radius 1 is 1.35 bits per heavy atom. The van der Waals surface area contributed by atoms with Gasteiger partial charge in [0.25, 0.3) is 10.0 Å². The fraction of sp³-hybridized carbons (Fsp3) is 0.167. The van der Waals surface area contributed by atoms with Crippen LogP contribution < -0.4 is 10.0 Å². The van der Waals surface area contributed by atoms with E-state index in [0.717, 1.165) is 4.88 Å². The van der Waals surface area contributed by atoms with E-state index >= 15 is 0 Å². The van der Waals surface area contributed by atoms with Crippen molar-refractivity contribution in [3.05, 3.63) is 44.8 Å². The zero-order chi connectivity index (χ0) is 14.8.